The number of hydrogen-bond acceptors (Lipinski definition) is 7. The van der Waals surface area contributed by atoms with Gasteiger partial charge in [-0.1, -0.05) is 114 Å². The van der Waals surface area contributed by atoms with Gasteiger partial charge in [0.1, 0.15) is 6.61 Å². The van der Waals surface area contributed by atoms with Crippen LogP contribution >= 0.6 is 7.82 Å². The first kappa shape index (κ1) is 45.0. The van der Waals surface area contributed by atoms with E-state index >= 15 is 0 Å². The first-order chi connectivity index (χ1) is 22.8. The molecule has 272 valence electrons. The van der Waals surface area contributed by atoms with Gasteiger partial charge in [0.15, 0.2) is 6.10 Å². The highest BCUT2D eigenvalue weighted by Crippen LogP contribution is 2.43. The fraction of sp³-hybridized carbons (Fsp3) is 0.737. The SMILES string of the molecule is CC/C=C\C/C=C\C/C=C\CCCCCCCC(=O)OC(COC(=O)CCCCCCC/C=C\CCCCC)COP(=O)(O)OCC. The summed E-state index contributed by atoms with van der Waals surface area (Å²) in [5.74, 6) is -0.833. The van der Waals surface area contributed by atoms with Crippen molar-refractivity contribution in [3.05, 3.63) is 48.6 Å². The van der Waals surface area contributed by atoms with Gasteiger partial charge in [0, 0.05) is 12.8 Å². The molecular weight excluding hydrogens is 615 g/mol. The molecule has 0 aliphatic rings. The zero-order valence-corrected chi connectivity index (χ0v) is 30.8. The number of hydrogen-bond donors (Lipinski definition) is 1. The van der Waals surface area contributed by atoms with Crippen LogP contribution in [-0.2, 0) is 32.7 Å². The Bertz CT molecular complexity index is 911. The fourth-order valence-corrected chi connectivity index (χ4v) is 5.45. The third-order valence-corrected chi connectivity index (χ3v) is 8.43. The Hall–Kier alpha value is -1.99. The van der Waals surface area contributed by atoms with Crippen molar-refractivity contribution in [1.29, 1.82) is 0 Å². The highest BCUT2D eigenvalue weighted by Gasteiger charge is 2.25. The minimum Gasteiger partial charge on any atom is -0.462 e. The van der Waals surface area contributed by atoms with Crippen molar-refractivity contribution >= 4 is 19.8 Å². The second-order valence-electron chi connectivity index (χ2n) is 11.9. The van der Waals surface area contributed by atoms with Crippen molar-refractivity contribution in [2.75, 3.05) is 19.8 Å². The molecule has 0 aliphatic carbocycles. The lowest BCUT2D eigenvalue weighted by Crippen LogP contribution is -2.29. The van der Waals surface area contributed by atoms with Gasteiger partial charge in [-0.25, -0.2) is 4.57 Å². The van der Waals surface area contributed by atoms with Crippen molar-refractivity contribution in [2.24, 2.45) is 0 Å². The lowest BCUT2D eigenvalue weighted by Gasteiger charge is -2.19. The van der Waals surface area contributed by atoms with Crippen LogP contribution in [0.4, 0.5) is 0 Å². The largest absolute Gasteiger partial charge is 0.472 e. The maximum Gasteiger partial charge on any atom is 0.472 e. The summed E-state index contributed by atoms with van der Waals surface area (Å²) < 4.78 is 32.5. The Balaban J connectivity index is 4.22. The molecule has 0 bridgehead atoms. The number of unbranched alkanes of at least 4 members (excludes halogenated alkanes) is 13. The molecule has 2 atom stereocenters. The van der Waals surface area contributed by atoms with E-state index in [4.69, 9.17) is 18.5 Å². The van der Waals surface area contributed by atoms with Crippen LogP contribution in [0.25, 0.3) is 0 Å². The van der Waals surface area contributed by atoms with E-state index in [1.807, 2.05) is 0 Å². The molecule has 1 N–H and O–H groups in total. The molecule has 0 aromatic rings. The maximum atomic E-state index is 12.5. The standard InChI is InChI=1S/C38H67O8P/c1-4-7-9-11-13-15-17-19-20-21-23-25-27-29-31-33-38(40)46-36(35-45-47(41,42)44-6-3)34-43-37(39)32-30-28-26-24-22-18-16-14-12-10-8-5-2/h7,9,13-16,19-20,36H,4-6,8,10-12,17-18,21-35H2,1-3H3,(H,41,42)/b9-7-,15-13-,16-14-,20-19-. The van der Waals surface area contributed by atoms with Crippen LogP contribution in [0.1, 0.15) is 156 Å². The number of phosphoric ester groups is 1. The van der Waals surface area contributed by atoms with Crippen LogP contribution in [0.5, 0.6) is 0 Å². The van der Waals surface area contributed by atoms with E-state index in [9.17, 15) is 19.0 Å². The third kappa shape index (κ3) is 33.7. The summed E-state index contributed by atoms with van der Waals surface area (Å²) in [6, 6.07) is 0. The van der Waals surface area contributed by atoms with E-state index in [2.05, 4.69) is 62.5 Å². The molecule has 0 spiro atoms. The number of carbonyl (C=O) groups excluding carboxylic acids is 2. The number of phosphoric acid groups is 1. The van der Waals surface area contributed by atoms with E-state index in [1.165, 1.54) is 25.7 Å². The van der Waals surface area contributed by atoms with Gasteiger partial charge in [0.2, 0.25) is 0 Å². The highest BCUT2D eigenvalue weighted by molar-refractivity contribution is 7.47. The van der Waals surface area contributed by atoms with Crippen molar-refractivity contribution in [3.8, 4) is 0 Å². The summed E-state index contributed by atoms with van der Waals surface area (Å²) in [5.41, 5.74) is 0. The van der Waals surface area contributed by atoms with Gasteiger partial charge < -0.3 is 14.4 Å². The Kier molecular flexibility index (Phi) is 32.5. The smallest absolute Gasteiger partial charge is 0.462 e. The molecule has 0 saturated carbocycles. The Morgan fingerprint density at radius 3 is 1.66 bits per heavy atom. The zero-order chi connectivity index (χ0) is 34.7. The second kappa shape index (κ2) is 33.9. The van der Waals surface area contributed by atoms with E-state index in [-0.39, 0.29) is 32.0 Å². The number of rotatable bonds is 33. The Labute approximate surface area is 287 Å². The van der Waals surface area contributed by atoms with Gasteiger partial charge in [-0.15, -0.1) is 0 Å². The molecule has 0 rings (SSSR count). The van der Waals surface area contributed by atoms with Crippen molar-refractivity contribution in [3.63, 3.8) is 0 Å². The predicted octanol–water partition coefficient (Wildman–Crippen LogP) is 11.1. The number of ether oxygens (including phenoxy) is 2. The minimum absolute atomic E-state index is 0.00615. The molecule has 0 aromatic carbocycles. The van der Waals surface area contributed by atoms with E-state index in [0.717, 1.165) is 89.9 Å². The van der Waals surface area contributed by atoms with Crippen LogP contribution < -0.4 is 0 Å². The molecule has 0 aliphatic heterocycles. The maximum absolute atomic E-state index is 12.5. The lowest BCUT2D eigenvalue weighted by atomic mass is 10.1. The third-order valence-electron chi connectivity index (χ3n) is 7.37. The molecule has 8 nitrogen and oxygen atoms in total. The number of carbonyl (C=O) groups is 2. The topological polar surface area (TPSA) is 108 Å². The summed E-state index contributed by atoms with van der Waals surface area (Å²) in [7, 11) is -4.28. The van der Waals surface area contributed by atoms with Crippen LogP contribution in [0.2, 0.25) is 0 Å². The summed E-state index contributed by atoms with van der Waals surface area (Å²) in [4.78, 5) is 34.5. The second-order valence-corrected chi connectivity index (χ2v) is 13.3. The van der Waals surface area contributed by atoms with Crippen molar-refractivity contribution in [2.45, 2.75) is 162 Å². The molecule has 9 heteroatoms. The van der Waals surface area contributed by atoms with Crippen LogP contribution in [-0.4, -0.2) is 42.8 Å². The molecule has 0 amide bonds. The molecule has 0 fully saturated rings. The Morgan fingerprint density at radius 1 is 0.596 bits per heavy atom. The van der Waals surface area contributed by atoms with Gasteiger partial charge in [-0.2, -0.15) is 0 Å². The first-order valence-electron chi connectivity index (χ1n) is 18.4. The van der Waals surface area contributed by atoms with Crippen LogP contribution in [0.15, 0.2) is 48.6 Å². The average Bonchev–Trinajstić information content (AvgIpc) is 3.04. The molecule has 0 aromatic heterocycles. The van der Waals surface area contributed by atoms with Crippen molar-refractivity contribution < 1.29 is 37.6 Å². The van der Waals surface area contributed by atoms with Gasteiger partial charge in [0.25, 0.3) is 0 Å². The summed E-state index contributed by atoms with van der Waals surface area (Å²) in [6.45, 7) is 5.28. The molecule has 47 heavy (non-hydrogen) atoms. The normalized spacial score (nSPS) is 14.0. The molecule has 0 heterocycles. The van der Waals surface area contributed by atoms with Crippen molar-refractivity contribution in [1.82, 2.24) is 0 Å². The quantitative estimate of drug-likeness (QED) is 0.0315. The molecule has 0 radical (unpaired) electrons. The predicted molar refractivity (Wildman–Crippen MR) is 193 cm³/mol. The molecule has 0 saturated heterocycles. The summed E-state index contributed by atoms with van der Waals surface area (Å²) in [6.07, 6.45) is 37.3. The van der Waals surface area contributed by atoms with Gasteiger partial charge in [-0.05, 0) is 77.6 Å². The fourth-order valence-electron chi connectivity index (χ4n) is 4.69. The first-order valence-corrected chi connectivity index (χ1v) is 19.9. The van der Waals surface area contributed by atoms with Gasteiger partial charge in [-0.3, -0.25) is 18.6 Å². The summed E-state index contributed by atoms with van der Waals surface area (Å²) >= 11 is 0. The monoisotopic (exact) mass is 682 g/mol. The lowest BCUT2D eigenvalue weighted by molar-refractivity contribution is -0.161. The number of esters is 2. The molecular formula is C38H67O8P. The highest BCUT2D eigenvalue weighted by atomic mass is 31.2. The average molecular weight is 683 g/mol. The van der Waals surface area contributed by atoms with E-state index in [0.29, 0.717) is 6.42 Å². The summed E-state index contributed by atoms with van der Waals surface area (Å²) in [5, 5.41) is 0. The zero-order valence-electron chi connectivity index (χ0n) is 29.9. The van der Waals surface area contributed by atoms with E-state index < -0.39 is 26.5 Å². The van der Waals surface area contributed by atoms with Crippen LogP contribution in [0.3, 0.4) is 0 Å². The van der Waals surface area contributed by atoms with Crippen LogP contribution in [0, 0.1) is 0 Å². The molecule has 2 unspecified atom stereocenters. The van der Waals surface area contributed by atoms with Gasteiger partial charge >= 0.3 is 19.8 Å². The Morgan fingerprint density at radius 2 is 1.09 bits per heavy atom. The van der Waals surface area contributed by atoms with E-state index in [1.54, 1.807) is 6.92 Å². The number of allylic oxidation sites excluding steroid dienone is 8. The van der Waals surface area contributed by atoms with Gasteiger partial charge in [0.05, 0.1) is 13.2 Å². The minimum atomic E-state index is -4.28.